The van der Waals surface area contributed by atoms with E-state index >= 15 is 0 Å². The highest BCUT2D eigenvalue weighted by atomic mass is 19.1. The summed E-state index contributed by atoms with van der Waals surface area (Å²) in [5, 5.41) is 3.62. The van der Waals surface area contributed by atoms with Crippen molar-refractivity contribution in [1.29, 1.82) is 0 Å². The fourth-order valence-corrected chi connectivity index (χ4v) is 3.56. The van der Waals surface area contributed by atoms with E-state index in [1.807, 2.05) is 13.0 Å². The Balaban J connectivity index is 2.05. The SMILES string of the molecule is Cc1cc(F)ccc1CC1CCCCCC1CNC(C)C. The molecule has 118 valence electrons. The van der Waals surface area contributed by atoms with E-state index in [0.717, 1.165) is 30.4 Å². The fourth-order valence-electron chi connectivity index (χ4n) is 3.56. The molecule has 2 rings (SSSR count). The van der Waals surface area contributed by atoms with E-state index < -0.39 is 0 Å². The van der Waals surface area contributed by atoms with Gasteiger partial charge in [-0.05, 0) is 67.8 Å². The van der Waals surface area contributed by atoms with Crippen LogP contribution in [0.4, 0.5) is 4.39 Å². The second kappa shape index (κ2) is 7.93. The van der Waals surface area contributed by atoms with Gasteiger partial charge in [-0.1, -0.05) is 39.2 Å². The third-order valence-corrected chi connectivity index (χ3v) is 4.89. The van der Waals surface area contributed by atoms with Crippen molar-refractivity contribution in [2.24, 2.45) is 11.8 Å². The molecule has 1 aromatic carbocycles. The molecule has 1 N–H and O–H groups in total. The Kier molecular flexibility index (Phi) is 6.22. The fraction of sp³-hybridized carbons (Fsp3) is 0.684. The Labute approximate surface area is 129 Å². The summed E-state index contributed by atoms with van der Waals surface area (Å²) in [6.07, 6.45) is 7.85. The van der Waals surface area contributed by atoms with Gasteiger partial charge in [-0.25, -0.2) is 4.39 Å². The van der Waals surface area contributed by atoms with Crippen LogP contribution in [-0.4, -0.2) is 12.6 Å². The molecular formula is C19H30FN. The van der Waals surface area contributed by atoms with Crippen molar-refractivity contribution in [1.82, 2.24) is 5.32 Å². The summed E-state index contributed by atoms with van der Waals surface area (Å²) in [5.74, 6) is 1.39. The van der Waals surface area contributed by atoms with Gasteiger partial charge in [0.2, 0.25) is 0 Å². The van der Waals surface area contributed by atoms with E-state index in [4.69, 9.17) is 0 Å². The van der Waals surface area contributed by atoms with Crippen molar-refractivity contribution in [3.05, 3.63) is 35.1 Å². The van der Waals surface area contributed by atoms with Gasteiger partial charge in [-0.3, -0.25) is 0 Å². The Hall–Kier alpha value is -0.890. The first-order valence-electron chi connectivity index (χ1n) is 8.54. The van der Waals surface area contributed by atoms with Crippen LogP contribution < -0.4 is 5.32 Å². The Morgan fingerprint density at radius 1 is 1.14 bits per heavy atom. The highest BCUT2D eigenvalue weighted by molar-refractivity contribution is 5.27. The van der Waals surface area contributed by atoms with Crippen LogP contribution >= 0.6 is 0 Å². The largest absolute Gasteiger partial charge is 0.314 e. The standard InChI is InChI=1S/C19H30FN/c1-14(2)21-13-18-8-6-4-5-7-17(18)12-16-9-10-19(20)11-15(16)3/h9-11,14,17-18,21H,4-8,12-13H2,1-3H3. The number of rotatable bonds is 5. The highest BCUT2D eigenvalue weighted by Crippen LogP contribution is 2.32. The molecular weight excluding hydrogens is 261 g/mol. The molecule has 21 heavy (non-hydrogen) atoms. The van der Waals surface area contributed by atoms with Crippen LogP contribution in [0.15, 0.2) is 18.2 Å². The number of hydrogen-bond donors (Lipinski definition) is 1. The molecule has 0 aromatic heterocycles. The van der Waals surface area contributed by atoms with Gasteiger partial charge in [0.15, 0.2) is 0 Å². The predicted octanol–water partition coefficient (Wildman–Crippen LogP) is 4.87. The molecule has 0 bridgehead atoms. The first-order valence-corrected chi connectivity index (χ1v) is 8.54. The number of halogens is 1. The molecule has 1 aliphatic carbocycles. The minimum atomic E-state index is -0.116. The summed E-state index contributed by atoms with van der Waals surface area (Å²) >= 11 is 0. The normalized spacial score (nSPS) is 23.3. The van der Waals surface area contributed by atoms with Crippen LogP contribution in [0.5, 0.6) is 0 Å². The van der Waals surface area contributed by atoms with E-state index in [9.17, 15) is 4.39 Å². The van der Waals surface area contributed by atoms with Crippen molar-refractivity contribution in [3.63, 3.8) is 0 Å². The molecule has 2 atom stereocenters. The van der Waals surface area contributed by atoms with Crippen LogP contribution in [0.3, 0.4) is 0 Å². The van der Waals surface area contributed by atoms with Gasteiger partial charge in [0, 0.05) is 6.04 Å². The molecule has 0 spiro atoms. The maximum absolute atomic E-state index is 13.3. The molecule has 1 saturated carbocycles. The van der Waals surface area contributed by atoms with Gasteiger partial charge in [-0.15, -0.1) is 0 Å². The van der Waals surface area contributed by atoms with E-state index in [0.29, 0.717) is 6.04 Å². The minimum absolute atomic E-state index is 0.116. The molecule has 2 heteroatoms. The zero-order valence-corrected chi connectivity index (χ0v) is 13.8. The third kappa shape index (κ3) is 5.10. The van der Waals surface area contributed by atoms with Crippen molar-refractivity contribution < 1.29 is 4.39 Å². The second-order valence-corrected chi connectivity index (χ2v) is 7.00. The topological polar surface area (TPSA) is 12.0 Å². The van der Waals surface area contributed by atoms with Gasteiger partial charge in [0.05, 0.1) is 0 Å². The molecule has 2 unspecified atom stereocenters. The van der Waals surface area contributed by atoms with Crippen molar-refractivity contribution in [3.8, 4) is 0 Å². The van der Waals surface area contributed by atoms with Crippen molar-refractivity contribution in [2.75, 3.05) is 6.54 Å². The summed E-state index contributed by atoms with van der Waals surface area (Å²) < 4.78 is 13.3. The summed E-state index contributed by atoms with van der Waals surface area (Å²) in [7, 11) is 0. The lowest BCUT2D eigenvalue weighted by atomic mass is 9.82. The van der Waals surface area contributed by atoms with E-state index in [1.165, 1.54) is 37.7 Å². The molecule has 0 radical (unpaired) electrons. The van der Waals surface area contributed by atoms with Gasteiger partial charge in [-0.2, -0.15) is 0 Å². The van der Waals surface area contributed by atoms with Gasteiger partial charge < -0.3 is 5.32 Å². The van der Waals surface area contributed by atoms with E-state index in [2.05, 4.69) is 19.2 Å². The smallest absolute Gasteiger partial charge is 0.123 e. The second-order valence-electron chi connectivity index (χ2n) is 7.00. The maximum atomic E-state index is 13.3. The summed E-state index contributed by atoms with van der Waals surface area (Å²) in [5.41, 5.74) is 2.44. The van der Waals surface area contributed by atoms with Crippen LogP contribution in [0.1, 0.15) is 57.1 Å². The predicted molar refractivity (Wildman–Crippen MR) is 88.0 cm³/mol. The summed E-state index contributed by atoms with van der Waals surface area (Å²) in [6.45, 7) is 7.60. The lowest BCUT2D eigenvalue weighted by Gasteiger charge is -2.27. The quantitative estimate of drug-likeness (QED) is 0.763. The first-order chi connectivity index (χ1) is 10.1. The van der Waals surface area contributed by atoms with Gasteiger partial charge in [0.1, 0.15) is 5.82 Å². The molecule has 0 saturated heterocycles. The molecule has 0 aliphatic heterocycles. The highest BCUT2D eigenvalue weighted by Gasteiger charge is 2.24. The Morgan fingerprint density at radius 3 is 2.52 bits per heavy atom. The third-order valence-electron chi connectivity index (χ3n) is 4.89. The van der Waals surface area contributed by atoms with Crippen LogP contribution in [0.25, 0.3) is 0 Å². The van der Waals surface area contributed by atoms with Crippen LogP contribution in [0, 0.1) is 24.6 Å². The zero-order chi connectivity index (χ0) is 15.2. The van der Waals surface area contributed by atoms with E-state index in [1.54, 1.807) is 12.1 Å². The molecule has 1 fully saturated rings. The molecule has 1 aromatic rings. The lowest BCUT2D eigenvalue weighted by Crippen LogP contribution is -2.33. The van der Waals surface area contributed by atoms with Gasteiger partial charge >= 0.3 is 0 Å². The average molecular weight is 291 g/mol. The zero-order valence-electron chi connectivity index (χ0n) is 13.8. The molecule has 0 heterocycles. The number of hydrogen-bond acceptors (Lipinski definition) is 1. The van der Waals surface area contributed by atoms with E-state index in [-0.39, 0.29) is 5.82 Å². The van der Waals surface area contributed by atoms with Crippen LogP contribution in [0.2, 0.25) is 0 Å². The van der Waals surface area contributed by atoms with Crippen molar-refractivity contribution in [2.45, 2.75) is 65.3 Å². The molecule has 1 nitrogen and oxygen atoms in total. The first kappa shape index (κ1) is 16.5. The minimum Gasteiger partial charge on any atom is -0.314 e. The van der Waals surface area contributed by atoms with Crippen LogP contribution in [-0.2, 0) is 6.42 Å². The maximum Gasteiger partial charge on any atom is 0.123 e. The Morgan fingerprint density at radius 2 is 1.86 bits per heavy atom. The number of nitrogens with one attached hydrogen (secondary N) is 1. The monoisotopic (exact) mass is 291 g/mol. The summed E-state index contributed by atoms with van der Waals surface area (Å²) in [6, 6.07) is 5.83. The molecule has 0 amide bonds. The number of benzene rings is 1. The number of aryl methyl sites for hydroxylation is 1. The average Bonchev–Trinajstić information content (AvgIpc) is 2.65. The van der Waals surface area contributed by atoms with Gasteiger partial charge in [0.25, 0.3) is 0 Å². The molecule has 1 aliphatic rings. The summed E-state index contributed by atoms with van der Waals surface area (Å²) in [4.78, 5) is 0. The lowest BCUT2D eigenvalue weighted by molar-refractivity contribution is 0.290. The van der Waals surface area contributed by atoms with Crippen molar-refractivity contribution >= 4 is 0 Å². The Bertz CT molecular complexity index is 441.